The largest absolute Gasteiger partial charge is 0.867 e. The summed E-state index contributed by atoms with van der Waals surface area (Å²) in [4.78, 5) is 0. The Balaban J connectivity index is 2.04. The topological polar surface area (TPSA) is 57.1 Å². The quantitative estimate of drug-likeness (QED) is 0.634. The molecule has 0 N–H and O–H groups in total. The monoisotopic (exact) mass is 254 g/mol. The standard InChI is InChI=1S/C14H14N4O/c1-10-3-5-12(6-4-10)8-17-14-13(19)7-11(2)16-18(14)9-15-17/h3-7,9H,8H2,1-2H3. The van der Waals surface area contributed by atoms with Gasteiger partial charge in [-0.15, -0.1) is 4.68 Å². The van der Waals surface area contributed by atoms with Gasteiger partial charge in [-0.25, -0.2) is 0 Å². The van der Waals surface area contributed by atoms with Gasteiger partial charge in [0.1, 0.15) is 6.54 Å². The van der Waals surface area contributed by atoms with Gasteiger partial charge in [0.2, 0.25) is 0 Å². The third kappa shape index (κ3) is 2.14. The van der Waals surface area contributed by atoms with Crippen molar-refractivity contribution < 1.29 is 9.79 Å². The lowest BCUT2D eigenvalue weighted by Crippen LogP contribution is -2.37. The van der Waals surface area contributed by atoms with E-state index in [4.69, 9.17) is 0 Å². The molecule has 0 fully saturated rings. The average Bonchev–Trinajstić information content (AvgIpc) is 2.75. The van der Waals surface area contributed by atoms with Crippen molar-refractivity contribution >= 4 is 5.65 Å². The lowest BCUT2D eigenvalue weighted by molar-refractivity contribution is -0.721. The fraction of sp³-hybridized carbons (Fsp3) is 0.214. The first-order valence-electron chi connectivity index (χ1n) is 6.11. The fourth-order valence-electron chi connectivity index (χ4n) is 2.09. The molecule has 0 amide bonds. The van der Waals surface area contributed by atoms with E-state index in [1.54, 1.807) is 17.9 Å². The Kier molecular flexibility index (Phi) is 2.67. The Morgan fingerprint density at radius 1 is 1.21 bits per heavy atom. The second-order valence-electron chi connectivity index (χ2n) is 4.69. The second-order valence-corrected chi connectivity index (χ2v) is 4.69. The van der Waals surface area contributed by atoms with Crippen LogP contribution in [-0.4, -0.2) is 14.7 Å². The van der Waals surface area contributed by atoms with Crippen LogP contribution in [0.5, 0.6) is 5.75 Å². The van der Waals surface area contributed by atoms with E-state index in [0.717, 1.165) is 5.56 Å². The van der Waals surface area contributed by atoms with Gasteiger partial charge in [0, 0.05) is 0 Å². The molecule has 2 heterocycles. The maximum absolute atomic E-state index is 12.0. The highest BCUT2D eigenvalue weighted by Gasteiger charge is 2.14. The summed E-state index contributed by atoms with van der Waals surface area (Å²) in [7, 11) is 0. The van der Waals surface area contributed by atoms with Crippen molar-refractivity contribution in [3.05, 3.63) is 53.5 Å². The number of benzene rings is 1. The Bertz CT molecular complexity index is 731. The van der Waals surface area contributed by atoms with Crippen molar-refractivity contribution in [1.82, 2.24) is 14.7 Å². The maximum atomic E-state index is 12.0. The molecule has 0 unspecified atom stereocenters. The van der Waals surface area contributed by atoms with Crippen molar-refractivity contribution in [2.45, 2.75) is 20.4 Å². The van der Waals surface area contributed by atoms with Crippen LogP contribution in [0.2, 0.25) is 0 Å². The first-order chi connectivity index (χ1) is 9.13. The molecule has 0 spiro atoms. The predicted molar refractivity (Wildman–Crippen MR) is 67.6 cm³/mol. The number of rotatable bonds is 2. The first-order valence-corrected chi connectivity index (χ1v) is 6.11. The minimum absolute atomic E-state index is 0.0582. The number of hydrogen-bond acceptors (Lipinski definition) is 3. The van der Waals surface area contributed by atoms with Crippen molar-refractivity contribution in [3.8, 4) is 5.75 Å². The normalized spacial score (nSPS) is 11.1. The summed E-state index contributed by atoms with van der Waals surface area (Å²) in [5.74, 6) is -0.0582. The van der Waals surface area contributed by atoms with Crippen LogP contribution in [0.1, 0.15) is 16.8 Å². The summed E-state index contributed by atoms with van der Waals surface area (Å²) < 4.78 is 3.21. The molecular weight excluding hydrogens is 240 g/mol. The van der Waals surface area contributed by atoms with Gasteiger partial charge in [0.05, 0.1) is 5.69 Å². The molecule has 1 aromatic carbocycles. The van der Waals surface area contributed by atoms with Gasteiger partial charge in [-0.3, -0.25) is 0 Å². The molecule has 96 valence electrons. The highest BCUT2D eigenvalue weighted by molar-refractivity contribution is 5.45. The molecule has 0 aliphatic carbocycles. The molecule has 0 radical (unpaired) electrons. The highest BCUT2D eigenvalue weighted by Crippen LogP contribution is 2.11. The van der Waals surface area contributed by atoms with Gasteiger partial charge in [0.15, 0.2) is 0 Å². The Labute approximate surface area is 110 Å². The van der Waals surface area contributed by atoms with Crippen molar-refractivity contribution in [1.29, 1.82) is 0 Å². The van der Waals surface area contributed by atoms with Crippen LogP contribution in [-0.2, 0) is 6.54 Å². The van der Waals surface area contributed by atoms with E-state index in [-0.39, 0.29) is 5.75 Å². The van der Waals surface area contributed by atoms with Crippen molar-refractivity contribution in [2.75, 3.05) is 0 Å². The smallest absolute Gasteiger partial charge is 0.321 e. The van der Waals surface area contributed by atoms with E-state index in [2.05, 4.69) is 22.3 Å². The number of aryl methyl sites for hydroxylation is 2. The summed E-state index contributed by atoms with van der Waals surface area (Å²) in [6.07, 6.45) is 1.57. The summed E-state index contributed by atoms with van der Waals surface area (Å²) in [5, 5.41) is 20.5. The van der Waals surface area contributed by atoms with Crippen molar-refractivity contribution in [3.63, 3.8) is 0 Å². The minimum atomic E-state index is -0.0582. The molecule has 3 aromatic rings. The van der Waals surface area contributed by atoms with Crippen LogP contribution >= 0.6 is 0 Å². The highest BCUT2D eigenvalue weighted by atomic mass is 16.3. The minimum Gasteiger partial charge on any atom is -0.867 e. The van der Waals surface area contributed by atoms with E-state index in [9.17, 15) is 5.11 Å². The maximum Gasteiger partial charge on any atom is 0.321 e. The molecule has 0 saturated heterocycles. The van der Waals surface area contributed by atoms with Crippen LogP contribution in [0.3, 0.4) is 0 Å². The van der Waals surface area contributed by atoms with Gasteiger partial charge >= 0.3 is 5.65 Å². The van der Waals surface area contributed by atoms with Gasteiger partial charge in [-0.05, 0) is 36.3 Å². The molecule has 0 bridgehead atoms. The van der Waals surface area contributed by atoms with Gasteiger partial charge < -0.3 is 5.11 Å². The molecular formula is C14H14N4O. The van der Waals surface area contributed by atoms with E-state index < -0.39 is 0 Å². The third-order valence-electron chi connectivity index (χ3n) is 3.04. The molecule has 2 aromatic heterocycles. The summed E-state index contributed by atoms with van der Waals surface area (Å²) in [5.41, 5.74) is 3.50. The molecule has 3 rings (SSSR count). The van der Waals surface area contributed by atoms with Gasteiger partial charge in [0.25, 0.3) is 6.33 Å². The SMILES string of the molecule is Cc1ccc(C[n+]2ncn3nc(C)cc([O-])c32)cc1. The van der Waals surface area contributed by atoms with Crippen molar-refractivity contribution in [2.24, 2.45) is 0 Å². The zero-order valence-corrected chi connectivity index (χ0v) is 10.9. The zero-order valence-electron chi connectivity index (χ0n) is 10.9. The molecule has 5 heteroatoms. The summed E-state index contributed by atoms with van der Waals surface area (Å²) in [6.45, 7) is 4.41. The number of fused-ring (bicyclic) bond motifs is 1. The van der Waals surface area contributed by atoms with Gasteiger partial charge in [-0.1, -0.05) is 39.4 Å². The first kappa shape index (κ1) is 11.6. The summed E-state index contributed by atoms with van der Waals surface area (Å²) in [6, 6.07) is 9.71. The van der Waals surface area contributed by atoms with Crippen LogP contribution < -0.4 is 9.79 Å². The fourth-order valence-corrected chi connectivity index (χ4v) is 2.09. The molecule has 19 heavy (non-hydrogen) atoms. The Morgan fingerprint density at radius 2 is 1.95 bits per heavy atom. The van der Waals surface area contributed by atoms with E-state index in [1.807, 2.05) is 19.1 Å². The lowest BCUT2D eigenvalue weighted by atomic mass is 10.1. The Morgan fingerprint density at radius 3 is 2.68 bits per heavy atom. The average molecular weight is 254 g/mol. The third-order valence-corrected chi connectivity index (χ3v) is 3.04. The van der Waals surface area contributed by atoms with E-state index in [0.29, 0.717) is 17.9 Å². The molecule has 0 aliphatic heterocycles. The van der Waals surface area contributed by atoms with Crippen LogP contribution in [0, 0.1) is 13.8 Å². The Hall–Kier alpha value is -2.43. The molecule has 5 nitrogen and oxygen atoms in total. The second kappa shape index (κ2) is 4.35. The van der Waals surface area contributed by atoms with E-state index >= 15 is 0 Å². The van der Waals surface area contributed by atoms with Crippen LogP contribution in [0.4, 0.5) is 0 Å². The van der Waals surface area contributed by atoms with Crippen LogP contribution in [0.15, 0.2) is 36.7 Å². The molecule has 0 atom stereocenters. The lowest BCUT2D eigenvalue weighted by Gasteiger charge is -2.04. The number of aromatic nitrogens is 4. The van der Waals surface area contributed by atoms with Crippen LogP contribution in [0.25, 0.3) is 5.65 Å². The zero-order chi connectivity index (χ0) is 13.4. The summed E-state index contributed by atoms with van der Waals surface area (Å²) >= 11 is 0. The molecule has 0 aliphatic rings. The molecule has 0 saturated carbocycles. The number of hydrogen-bond donors (Lipinski definition) is 0. The van der Waals surface area contributed by atoms with Gasteiger partial charge in [-0.2, -0.15) is 0 Å². The number of nitrogens with zero attached hydrogens (tertiary/aromatic N) is 4. The van der Waals surface area contributed by atoms with E-state index in [1.165, 1.54) is 16.1 Å². The predicted octanol–water partition coefficient (Wildman–Crippen LogP) is 0.756.